The number of morpholine rings is 1. The topological polar surface area (TPSA) is 76.9 Å². The fraction of sp³-hybridized carbons (Fsp3) is 0.600. The minimum atomic E-state index is -0.298. The lowest BCUT2D eigenvalue weighted by Gasteiger charge is -2.23. The number of hydrogen-bond donors (Lipinski definition) is 2. The summed E-state index contributed by atoms with van der Waals surface area (Å²) in [6, 6.07) is 6.89. The predicted molar refractivity (Wildman–Crippen MR) is 101 cm³/mol. The molecule has 0 radical (unpaired) electrons. The lowest BCUT2D eigenvalue weighted by Crippen LogP contribution is -3.14. The van der Waals surface area contributed by atoms with Gasteiger partial charge in [0.25, 0.3) is 5.91 Å². The molecule has 0 aliphatic carbocycles. The number of rotatable bonds is 9. The maximum atomic E-state index is 12.7. The van der Waals surface area contributed by atoms with Gasteiger partial charge in [0, 0.05) is 6.42 Å². The van der Waals surface area contributed by atoms with Gasteiger partial charge < -0.3 is 19.7 Å². The number of hydrogen-bond acceptors (Lipinski definition) is 4. The van der Waals surface area contributed by atoms with E-state index in [-0.39, 0.29) is 24.3 Å². The van der Waals surface area contributed by atoms with Crippen molar-refractivity contribution < 1.29 is 29.3 Å². The first-order chi connectivity index (χ1) is 13.2. The van der Waals surface area contributed by atoms with Crippen LogP contribution in [0.3, 0.4) is 0 Å². The van der Waals surface area contributed by atoms with E-state index in [0.717, 1.165) is 58.0 Å². The normalized spacial score (nSPS) is 21.1. The van der Waals surface area contributed by atoms with Crippen molar-refractivity contribution in [3.8, 4) is 5.75 Å². The van der Waals surface area contributed by atoms with E-state index in [9.17, 15) is 9.59 Å². The average Bonchev–Trinajstić information content (AvgIpc) is 2.98. The first kappa shape index (κ1) is 19.8. The van der Waals surface area contributed by atoms with Crippen molar-refractivity contribution in [3.05, 3.63) is 24.3 Å². The summed E-state index contributed by atoms with van der Waals surface area (Å²) in [5, 5.41) is 2.03. The Balaban J connectivity index is 1.47. The van der Waals surface area contributed by atoms with Crippen LogP contribution < -0.4 is 19.9 Å². The molecular formula is C20H31N3O4+2. The van der Waals surface area contributed by atoms with Crippen LogP contribution in [0.5, 0.6) is 5.75 Å². The van der Waals surface area contributed by atoms with Crippen molar-refractivity contribution >= 4 is 17.5 Å². The molecule has 2 fully saturated rings. The van der Waals surface area contributed by atoms with Crippen molar-refractivity contribution in [1.29, 1.82) is 0 Å². The van der Waals surface area contributed by atoms with Gasteiger partial charge in [-0.25, -0.2) is 4.90 Å². The van der Waals surface area contributed by atoms with Gasteiger partial charge in [-0.1, -0.05) is 6.92 Å². The predicted octanol–water partition coefficient (Wildman–Crippen LogP) is -1.02. The third kappa shape index (κ3) is 5.28. The van der Waals surface area contributed by atoms with Gasteiger partial charge in [0.05, 0.1) is 45.0 Å². The molecule has 0 spiro atoms. The largest absolute Gasteiger partial charge is 0.494 e. The number of nitrogens with zero attached hydrogens (tertiary/aromatic N) is 1. The molecule has 3 rings (SSSR count). The second-order valence-corrected chi connectivity index (χ2v) is 7.21. The highest BCUT2D eigenvalue weighted by molar-refractivity contribution is 6.21. The second kappa shape index (κ2) is 9.82. The number of anilines is 1. The summed E-state index contributed by atoms with van der Waals surface area (Å²) in [6.45, 7) is 8.47. The van der Waals surface area contributed by atoms with Crippen LogP contribution >= 0.6 is 0 Å². The Kier molecular flexibility index (Phi) is 7.20. The summed E-state index contributed by atoms with van der Waals surface area (Å²) in [7, 11) is 0. The molecule has 1 aromatic rings. The number of benzene rings is 1. The van der Waals surface area contributed by atoms with Gasteiger partial charge >= 0.3 is 0 Å². The smallest absolute Gasteiger partial charge is 0.292 e. The Hall–Kier alpha value is -1.96. The molecule has 1 aromatic carbocycles. The van der Waals surface area contributed by atoms with Crippen molar-refractivity contribution in [1.82, 2.24) is 0 Å². The molecular weight excluding hydrogens is 346 g/mol. The molecule has 2 saturated heterocycles. The summed E-state index contributed by atoms with van der Waals surface area (Å²) in [6.07, 6.45) is 2.25. The lowest BCUT2D eigenvalue weighted by molar-refractivity contribution is -0.909. The number of imide groups is 1. The van der Waals surface area contributed by atoms with Crippen molar-refractivity contribution in [3.63, 3.8) is 0 Å². The summed E-state index contributed by atoms with van der Waals surface area (Å²) in [5.74, 6) is 0.525. The van der Waals surface area contributed by atoms with Gasteiger partial charge in [-0.3, -0.25) is 9.59 Å². The Morgan fingerprint density at radius 1 is 1.22 bits per heavy atom. The fourth-order valence-corrected chi connectivity index (χ4v) is 3.60. The first-order valence-corrected chi connectivity index (χ1v) is 10.0. The quantitative estimate of drug-likeness (QED) is 0.427. The highest BCUT2D eigenvalue weighted by Crippen LogP contribution is 2.24. The summed E-state index contributed by atoms with van der Waals surface area (Å²) >= 11 is 0. The van der Waals surface area contributed by atoms with E-state index in [2.05, 4.69) is 6.92 Å². The van der Waals surface area contributed by atoms with E-state index in [1.54, 1.807) is 17.0 Å². The highest BCUT2D eigenvalue weighted by atomic mass is 16.5. The first-order valence-electron chi connectivity index (χ1n) is 10.0. The minimum absolute atomic E-state index is 0.110. The molecule has 0 saturated carbocycles. The number of nitrogens with one attached hydrogen (secondary N) is 1. The van der Waals surface area contributed by atoms with Crippen molar-refractivity contribution in [2.45, 2.75) is 32.2 Å². The van der Waals surface area contributed by atoms with Gasteiger partial charge in [-0.2, -0.15) is 0 Å². The molecule has 2 heterocycles. The van der Waals surface area contributed by atoms with Crippen LogP contribution in [0.25, 0.3) is 0 Å². The lowest BCUT2D eigenvalue weighted by atomic mass is 10.2. The van der Waals surface area contributed by atoms with Crippen molar-refractivity contribution in [2.75, 3.05) is 50.9 Å². The molecule has 2 amide bonds. The third-order valence-corrected chi connectivity index (χ3v) is 5.13. The fourth-order valence-electron chi connectivity index (χ4n) is 3.60. The monoisotopic (exact) mass is 377 g/mol. The summed E-state index contributed by atoms with van der Waals surface area (Å²) in [5.41, 5.74) is 0.627. The number of carbonyl (C=O) groups excluding carboxylic acids is 2. The summed E-state index contributed by atoms with van der Waals surface area (Å²) in [4.78, 5) is 27.9. The van der Waals surface area contributed by atoms with E-state index in [1.807, 2.05) is 17.4 Å². The maximum absolute atomic E-state index is 12.7. The van der Waals surface area contributed by atoms with Crippen molar-refractivity contribution in [2.24, 2.45) is 0 Å². The van der Waals surface area contributed by atoms with Crippen LogP contribution in [0.1, 0.15) is 26.2 Å². The van der Waals surface area contributed by atoms with Crippen LogP contribution in [0, 0.1) is 0 Å². The number of amides is 2. The third-order valence-electron chi connectivity index (χ3n) is 5.13. The van der Waals surface area contributed by atoms with E-state index >= 15 is 0 Å². The standard InChI is InChI=1S/C20H29N3O4/c1-2-12-27-17-6-4-16(5-7-17)23-19(24)15-18(20(23)25)21-8-3-9-22-10-13-26-14-11-22/h4-7,18,21H,2-3,8-15H2,1H3/p+2/t18-/m1/s1. The zero-order valence-electron chi connectivity index (χ0n) is 16.1. The van der Waals surface area contributed by atoms with E-state index < -0.39 is 0 Å². The van der Waals surface area contributed by atoms with Crippen LogP contribution in [-0.2, 0) is 14.3 Å². The van der Waals surface area contributed by atoms with Gasteiger partial charge in [-0.05, 0) is 30.7 Å². The molecule has 7 nitrogen and oxygen atoms in total. The molecule has 27 heavy (non-hydrogen) atoms. The van der Waals surface area contributed by atoms with Gasteiger partial charge in [-0.15, -0.1) is 0 Å². The maximum Gasteiger partial charge on any atom is 0.292 e. The number of nitrogens with two attached hydrogens (primary N) is 1. The number of quaternary nitrogens is 2. The molecule has 7 heteroatoms. The summed E-state index contributed by atoms with van der Waals surface area (Å²) < 4.78 is 10.9. The zero-order valence-corrected chi connectivity index (χ0v) is 16.1. The molecule has 2 aliphatic rings. The Labute approximate surface area is 160 Å². The molecule has 0 bridgehead atoms. The van der Waals surface area contributed by atoms with Crippen LogP contribution in [0.4, 0.5) is 5.69 Å². The van der Waals surface area contributed by atoms with Crippen LogP contribution in [0.2, 0.25) is 0 Å². The van der Waals surface area contributed by atoms with Gasteiger partial charge in [0.2, 0.25) is 5.91 Å². The molecule has 2 aliphatic heterocycles. The SMILES string of the molecule is CCCOc1ccc(N2C(=O)C[C@@H]([NH2+]CCC[NH+]3CCOCC3)C2=O)cc1. The Bertz CT molecular complexity index is 629. The molecule has 3 N–H and O–H groups in total. The van der Waals surface area contributed by atoms with Gasteiger partial charge in [0.15, 0.2) is 6.04 Å². The zero-order chi connectivity index (χ0) is 19.1. The van der Waals surface area contributed by atoms with E-state index in [4.69, 9.17) is 9.47 Å². The van der Waals surface area contributed by atoms with E-state index in [1.165, 1.54) is 4.90 Å². The number of ether oxygens (including phenoxy) is 2. The Morgan fingerprint density at radius 3 is 2.67 bits per heavy atom. The molecule has 0 unspecified atom stereocenters. The van der Waals surface area contributed by atoms with Crippen LogP contribution in [0.15, 0.2) is 24.3 Å². The molecule has 148 valence electrons. The minimum Gasteiger partial charge on any atom is -0.494 e. The average molecular weight is 377 g/mol. The highest BCUT2D eigenvalue weighted by Gasteiger charge is 2.42. The van der Waals surface area contributed by atoms with Gasteiger partial charge in [0.1, 0.15) is 18.8 Å². The second-order valence-electron chi connectivity index (χ2n) is 7.21. The van der Waals surface area contributed by atoms with Crippen LogP contribution in [-0.4, -0.2) is 63.9 Å². The molecule has 1 atom stereocenters. The van der Waals surface area contributed by atoms with E-state index in [0.29, 0.717) is 12.3 Å². The molecule has 0 aromatic heterocycles. The number of carbonyl (C=O) groups is 2. The Morgan fingerprint density at radius 2 is 1.96 bits per heavy atom.